The highest BCUT2D eigenvalue weighted by Crippen LogP contribution is 2.28. The molecular weight excluding hydrogens is 288 g/mol. The van der Waals surface area contributed by atoms with E-state index in [9.17, 15) is 4.79 Å². The minimum absolute atomic E-state index is 0. The van der Waals surface area contributed by atoms with E-state index in [1.165, 1.54) is 18.4 Å². The fourth-order valence-corrected chi connectivity index (χ4v) is 3.11. The van der Waals surface area contributed by atoms with Gasteiger partial charge in [0.25, 0.3) is 0 Å². The number of ether oxygens (including phenoxy) is 1. The maximum absolute atomic E-state index is 12.3. The zero-order chi connectivity index (χ0) is 13.9. The normalized spacial score (nSPS) is 22.1. The Balaban J connectivity index is 0.00000161. The predicted octanol–water partition coefficient (Wildman–Crippen LogP) is 3.14. The lowest BCUT2D eigenvalue weighted by molar-refractivity contribution is 0.0827. The van der Waals surface area contributed by atoms with Gasteiger partial charge in [-0.25, -0.2) is 4.79 Å². The van der Waals surface area contributed by atoms with Crippen molar-refractivity contribution in [2.75, 3.05) is 18.0 Å². The molecule has 0 saturated carbocycles. The van der Waals surface area contributed by atoms with E-state index in [0.29, 0.717) is 6.04 Å². The van der Waals surface area contributed by atoms with Crippen molar-refractivity contribution in [2.45, 2.75) is 44.8 Å². The number of carbonyl (C=O) groups excluding carboxylic acids is 1. The number of piperidine rings is 1. The van der Waals surface area contributed by atoms with Crippen LogP contribution in [0.25, 0.3) is 0 Å². The third kappa shape index (κ3) is 3.50. The van der Waals surface area contributed by atoms with Crippen LogP contribution in [0.15, 0.2) is 24.3 Å². The molecule has 0 aromatic heterocycles. The number of nitrogens with one attached hydrogen (secondary N) is 1. The van der Waals surface area contributed by atoms with Crippen LogP contribution in [-0.4, -0.2) is 31.3 Å². The second-order valence-corrected chi connectivity index (χ2v) is 5.68. The maximum atomic E-state index is 12.3. The van der Waals surface area contributed by atoms with Crippen LogP contribution >= 0.6 is 12.4 Å². The van der Waals surface area contributed by atoms with Gasteiger partial charge in [-0.15, -0.1) is 12.4 Å². The molecule has 2 heterocycles. The monoisotopic (exact) mass is 310 g/mol. The summed E-state index contributed by atoms with van der Waals surface area (Å²) < 4.78 is 5.66. The van der Waals surface area contributed by atoms with Crippen molar-refractivity contribution >= 4 is 24.2 Å². The van der Waals surface area contributed by atoms with Crippen LogP contribution < -0.4 is 10.2 Å². The number of fused-ring (bicyclic) bond motifs is 1. The van der Waals surface area contributed by atoms with Gasteiger partial charge in [0.15, 0.2) is 0 Å². The first-order valence-electron chi connectivity index (χ1n) is 7.55. The van der Waals surface area contributed by atoms with Crippen LogP contribution in [-0.2, 0) is 11.2 Å². The Morgan fingerprint density at radius 3 is 2.95 bits per heavy atom. The zero-order valence-electron chi connectivity index (χ0n) is 12.4. The highest BCUT2D eigenvalue weighted by Gasteiger charge is 2.29. The Kier molecular flexibility index (Phi) is 5.48. The Labute approximate surface area is 132 Å². The molecule has 2 aliphatic heterocycles. The van der Waals surface area contributed by atoms with Crippen molar-refractivity contribution < 1.29 is 9.53 Å². The van der Waals surface area contributed by atoms with E-state index >= 15 is 0 Å². The van der Waals surface area contributed by atoms with Gasteiger partial charge < -0.3 is 10.1 Å². The molecule has 21 heavy (non-hydrogen) atoms. The van der Waals surface area contributed by atoms with E-state index in [4.69, 9.17) is 4.74 Å². The van der Waals surface area contributed by atoms with Crippen LogP contribution in [0.4, 0.5) is 10.5 Å². The number of hydrogen-bond acceptors (Lipinski definition) is 3. The first-order valence-corrected chi connectivity index (χ1v) is 7.55. The summed E-state index contributed by atoms with van der Waals surface area (Å²) in [4.78, 5) is 14.1. The summed E-state index contributed by atoms with van der Waals surface area (Å²) in [5.74, 6) is 0. The number of amides is 1. The molecule has 1 aromatic rings. The van der Waals surface area contributed by atoms with Crippen LogP contribution in [0.3, 0.4) is 0 Å². The zero-order valence-corrected chi connectivity index (χ0v) is 13.2. The summed E-state index contributed by atoms with van der Waals surface area (Å²) in [7, 11) is 0. The van der Waals surface area contributed by atoms with Crippen molar-refractivity contribution in [1.29, 1.82) is 0 Å². The molecule has 2 unspecified atom stereocenters. The van der Waals surface area contributed by atoms with Gasteiger partial charge in [-0.05, 0) is 44.4 Å². The average Bonchev–Trinajstić information content (AvgIpc) is 2.92. The second kappa shape index (κ2) is 7.14. The minimum atomic E-state index is -0.213. The number of hydrogen-bond donors (Lipinski definition) is 1. The summed E-state index contributed by atoms with van der Waals surface area (Å²) in [6.07, 6.45) is 4.15. The van der Waals surface area contributed by atoms with E-state index in [-0.39, 0.29) is 24.6 Å². The fourth-order valence-electron chi connectivity index (χ4n) is 3.11. The van der Waals surface area contributed by atoms with Crippen LogP contribution in [0, 0.1) is 0 Å². The van der Waals surface area contributed by atoms with E-state index in [2.05, 4.69) is 11.4 Å². The first-order chi connectivity index (χ1) is 9.75. The lowest BCUT2D eigenvalue weighted by atomic mass is 10.0. The van der Waals surface area contributed by atoms with Gasteiger partial charge in [-0.3, -0.25) is 4.90 Å². The molecule has 2 atom stereocenters. The molecule has 3 rings (SSSR count). The van der Waals surface area contributed by atoms with Crippen molar-refractivity contribution in [3.05, 3.63) is 29.8 Å². The first kappa shape index (κ1) is 16.1. The van der Waals surface area contributed by atoms with Gasteiger partial charge in [-0.1, -0.05) is 24.6 Å². The molecule has 0 bridgehead atoms. The fraction of sp³-hybridized carbons (Fsp3) is 0.562. The van der Waals surface area contributed by atoms with E-state index < -0.39 is 0 Å². The summed E-state index contributed by atoms with van der Waals surface area (Å²) in [6, 6.07) is 8.35. The molecule has 1 saturated heterocycles. The van der Waals surface area contributed by atoms with Crippen molar-refractivity contribution in [2.24, 2.45) is 0 Å². The van der Waals surface area contributed by atoms with Crippen molar-refractivity contribution in [3.63, 3.8) is 0 Å². The van der Waals surface area contributed by atoms with E-state index in [1.807, 2.05) is 25.1 Å². The molecule has 0 radical (unpaired) electrons. The molecule has 1 amide bonds. The smallest absolute Gasteiger partial charge is 0.414 e. The number of halogens is 1. The highest BCUT2D eigenvalue weighted by atomic mass is 35.5. The maximum Gasteiger partial charge on any atom is 0.414 e. The lowest BCUT2D eigenvalue weighted by Gasteiger charge is -2.30. The van der Waals surface area contributed by atoms with Crippen molar-refractivity contribution in [1.82, 2.24) is 5.32 Å². The molecule has 0 spiro atoms. The Morgan fingerprint density at radius 2 is 2.19 bits per heavy atom. The Bertz CT molecular complexity index is 489. The van der Waals surface area contributed by atoms with E-state index in [0.717, 1.165) is 31.6 Å². The SMILES string of the molecule is CC(OC(=O)N1CCc2ccccc21)C1CCCCN1.Cl. The quantitative estimate of drug-likeness (QED) is 0.912. The molecule has 1 aromatic carbocycles. The highest BCUT2D eigenvalue weighted by molar-refractivity contribution is 5.90. The number of para-hydroxylation sites is 1. The number of benzene rings is 1. The van der Waals surface area contributed by atoms with Gasteiger partial charge in [0.2, 0.25) is 0 Å². The molecule has 1 fully saturated rings. The second-order valence-electron chi connectivity index (χ2n) is 5.68. The van der Waals surface area contributed by atoms with Crippen LogP contribution in [0.2, 0.25) is 0 Å². The van der Waals surface area contributed by atoms with Crippen LogP contribution in [0.1, 0.15) is 31.7 Å². The summed E-state index contributed by atoms with van der Waals surface area (Å²) >= 11 is 0. The molecule has 5 heteroatoms. The number of anilines is 1. The Morgan fingerprint density at radius 1 is 1.38 bits per heavy atom. The lowest BCUT2D eigenvalue weighted by Crippen LogP contribution is -2.45. The molecule has 2 aliphatic rings. The van der Waals surface area contributed by atoms with Crippen molar-refractivity contribution in [3.8, 4) is 0 Å². The van der Waals surface area contributed by atoms with Gasteiger partial charge in [0.05, 0.1) is 5.69 Å². The van der Waals surface area contributed by atoms with Gasteiger partial charge in [0, 0.05) is 12.6 Å². The standard InChI is InChI=1S/C16H22N2O2.ClH/c1-12(14-7-4-5-10-17-14)20-16(19)18-11-9-13-6-2-3-8-15(13)18;/h2-3,6,8,12,14,17H,4-5,7,9-11H2,1H3;1H. The molecule has 116 valence electrons. The summed E-state index contributed by atoms with van der Waals surface area (Å²) in [5.41, 5.74) is 2.23. The number of nitrogens with zero attached hydrogens (tertiary/aromatic N) is 1. The number of carbonyl (C=O) groups is 1. The predicted molar refractivity (Wildman–Crippen MR) is 86.3 cm³/mol. The third-order valence-electron chi connectivity index (χ3n) is 4.31. The van der Waals surface area contributed by atoms with Gasteiger partial charge in [0.1, 0.15) is 6.10 Å². The van der Waals surface area contributed by atoms with Crippen LogP contribution in [0.5, 0.6) is 0 Å². The molecule has 0 aliphatic carbocycles. The molecular formula is C16H23ClN2O2. The number of rotatable bonds is 2. The molecule has 4 nitrogen and oxygen atoms in total. The van der Waals surface area contributed by atoms with Gasteiger partial charge in [-0.2, -0.15) is 0 Å². The third-order valence-corrected chi connectivity index (χ3v) is 4.31. The summed E-state index contributed by atoms with van der Waals surface area (Å²) in [6.45, 7) is 3.74. The van der Waals surface area contributed by atoms with Gasteiger partial charge >= 0.3 is 6.09 Å². The molecule has 1 N–H and O–H groups in total. The average molecular weight is 311 g/mol. The Hall–Kier alpha value is -1.26. The topological polar surface area (TPSA) is 41.6 Å². The summed E-state index contributed by atoms with van der Waals surface area (Å²) in [5, 5.41) is 3.44. The minimum Gasteiger partial charge on any atom is -0.444 e. The van der Waals surface area contributed by atoms with E-state index in [1.54, 1.807) is 4.90 Å². The largest absolute Gasteiger partial charge is 0.444 e.